The Labute approximate surface area is 129 Å². The molecule has 2 rings (SSSR count). The number of carbonyl (C=O) groups is 1. The maximum Gasteiger partial charge on any atom is 0.238 e. The summed E-state index contributed by atoms with van der Waals surface area (Å²) in [5, 5.41) is 3.60. The van der Waals surface area contributed by atoms with E-state index in [1.807, 2.05) is 0 Å². The quantitative estimate of drug-likeness (QED) is 0.898. The van der Waals surface area contributed by atoms with Gasteiger partial charge >= 0.3 is 0 Å². The van der Waals surface area contributed by atoms with E-state index in [4.69, 9.17) is 28.9 Å². The number of halogens is 2. The van der Waals surface area contributed by atoms with Crippen molar-refractivity contribution in [2.75, 3.05) is 31.5 Å². The molecule has 110 valence electrons. The SMILES string of the molecule is CC1(CN)CCN(CC(=O)Nc2cccc(Cl)c2Cl)C1. The van der Waals surface area contributed by atoms with Crippen LogP contribution in [0.2, 0.25) is 10.0 Å². The van der Waals surface area contributed by atoms with E-state index >= 15 is 0 Å². The minimum atomic E-state index is -0.0876. The van der Waals surface area contributed by atoms with Crippen LogP contribution in [0.4, 0.5) is 5.69 Å². The Balaban J connectivity index is 1.92. The summed E-state index contributed by atoms with van der Waals surface area (Å²) in [7, 11) is 0. The molecule has 1 heterocycles. The van der Waals surface area contributed by atoms with Gasteiger partial charge in [0.2, 0.25) is 5.91 Å². The Hall–Kier alpha value is -0.810. The molecule has 1 saturated heterocycles. The third-order valence-electron chi connectivity index (χ3n) is 3.72. The van der Waals surface area contributed by atoms with E-state index < -0.39 is 0 Å². The van der Waals surface area contributed by atoms with Gasteiger partial charge in [0.25, 0.3) is 0 Å². The monoisotopic (exact) mass is 315 g/mol. The second kappa shape index (κ2) is 6.31. The van der Waals surface area contributed by atoms with Crippen LogP contribution < -0.4 is 11.1 Å². The highest BCUT2D eigenvalue weighted by Gasteiger charge is 2.33. The summed E-state index contributed by atoms with van der Waals surface area (Å²) in [6, 6.07) is 5.18. The lowest BCUT2D eigenvalue weighted by Crippen LogP contribution is -2.35. The highest BCUT2D eigenvalue weighted by Crippen LogP contribution is 2.30. The summed E-state index contributed by atoms with van der Waals surface area (Å²) >= 11 is 12.0. The number of amides is 1. The van der Waals surface area contributed by atoms with Crippen LogP contribution in [0.5, 0.6) is 0 Å². The molecule has 0 aliphatic carbocycles. The summed E-state index contributed by atoms with van der Waals surface area (Å²) in [6.07, 6.45) is 1.02. The van der Waals surface area contributed by atoms with Crippen molar-refractivity contribution in [2.45, 2.75) is 13.3 Å². The van der Waals surface area contributed by atoms with Gasteiger partial charge in [-0.15, -0.1) is 0 Å². The minimum Gasteiger partial charge on any atom is -0.330 e. The Morgan fingerprint density at radius 1 is 1.50 bits per heavy atom. The molecule has 1 amide bonds. The lowest BCUT2D eigenvalue weighted by Gasteiger charge is -2.22. The predicted molar refractivity (Wildman–Crippen MR) is 83.3 cm³/mol. The summed E-state index contributed by atoms with van der Waals surface area (Å²) < 4.78 is 0. The number of carbonyl (C=O) groups excluding carboxylic acids is 1. The molecule has 6 heteroatoms. The number of hydrogen-bond acceptors (Lipinski definition) is 3. The number of hydrogen-bond donors (Lipinski definition) is 2. The van der Waals surface area contributed by atoms with E-state index in [0.717, 1.165) is 19.5 Å². The molecule has 0 saturated carbocycles. The lowest BCUT2D eigenvalue weighted by atomic mass is 9.90. The largest absolute Gasteiger partial charge is 0.330 e. The number of likely N-dealkylation sites (tertiary alicyclic amines) is 1. The minimum absolute atomic E-state index is 0.0876. The second-order valence-corrected chi connectivity index (χ2v) is 6.41. The van der Waals surface area contributed by atoms with Crippen molar-refractivity contribution in [3.05, 3.63) is 28.2 Å². The van der Waals surface area contributed by atoms with Crippen LogP contribution in [-0.2, 0) is 4.79 Å². The highest BCUT2D eigenvalue weighted by atomic mass is 35.5. The predicted octanol–water partition coefficient (Wildman–Crippen LogP) is 2.60. The van der Waals surface area contributed by atoms with Crippen LogP contribution in [-0.4, -0.2) is 37.0 Å². The molecule has 0 bridgehead atoms. The molecule has 0 spiro atoms. The van der Waals surface area contributed by atoms with Gasteiger partial charge in [-0.2, -0.15) is 0 Å². The number of nitrogens with two attached hydrogens (primary N) is 1. The van der Waals surface area contributed by atoms with Crippen molar-refractivity contribution in [2.24, 2.45) is 11.1 Å². The third-order valence-corrected chi connectivity index (χ3v) is 4.54. The Kier molecular flexibility index (Phi) is 4.91. The van der Waals surface area contributed by atoms with Gasteiger partial charge in [0.15, 0.2) is 0 Å². The molecule has 1 aromatic rings. The number of rotatable bonds is 4. The second-order valence-electron chi connectivity index (χ2n) is 5.62. The standard InChI is InChI=1S/C14H19Cl2N3O/c1-14(8-17)5-6-19(9-14)7-12(20)18-11-4-2-3-10(15)13(11)16/h2-4H,5-9,17H2,1H3,(H,18,20). The van der Waals surface area contributed by atoms with Gasteiger partial charge in [0.05, 0.1) is 22.3 Å². The molecule has 1 aliphatic heterocycles. The number of anilines is 1. The van der Waals surface area contributed by atoms with Crippen LogP contribution in [0.15, 0.2) is 18.2 Å². The molecule has 1 unspecified atom stereocenters. The first kappa shape index (κ1) is 15.6. The molecule has 1 fully saturated rings. The van der Waals surface area contributed by atoms with Crippen molar-refractivity contribution in [3.8, 4) is 0 Å². The maximum atomic E-state index is 12.0. The van der Waals surface area contributed by atoms with Crippen LogP contribution in [0.1, 0.15) is 13.3 Å². The number of benzene rings is 1. The third kappa shape index (κ3) is 3.64. The van der Waals surface area contributed by atoms with Crippen molar-refractivity contribution >= 4 is 34.8 Å². The van der Waals surface area contributed by atoms with Gasteiger partial charge in [0.1, 0.15) is 0 Å². The van der Waals surface area contributed by atoms with Gasteiger partial charge in [-0.3, -0.25) is 9.69 Å². The summed E-state index contributed by atoms with van der Waals surface area (Å²) in [6.45, 7) is 4.88. The van der Waals surface area contributed by atoms with Crippen molar-refractivity contribution in [1.29, 1.82) is 0 Å². The first-order valence-electron chi connectivity index (χ1n) is 6.60. The molecule has 1 atom stereocenters. The Morgan fingerprint density at radius 2 is 2.25 bits per heavy atom. The van der Waals surface area contributed by atoms with E-state index in [1.165, 1.54) is 0 Å². The van der Waals surface area contributed by atoms with Gasteiger partial charge in [0, 0.05) is 6.54 Å². The molecule has 0 radical (unpaired) electrons. The highest BCUT2D eigenvalue weighted by molar-refractivity contribution is 6.43. The number of nitrogens with zero attached hydrogens (tertiary/aromatic N) is 1. The zero-order chi connectivity index (χ0) is 14.8. The van der Waals surface area contributed by atoms with E-state index in [-0.39, 0.29) is 11.3 Å². The Bertz CT molecular complexity index is 509. The molecule has 4 nitrogen and oxygen atoms in total. The fraction of sp³-hybridized carbons (Fsp3) is 0.500. The Morgan fingerprint density at radius 3 is 2.90 bits per heavy atom. The van der Waals surface area contributed by atoms with Crippen molar-refractivity contribution < 1.29 is 4.79 Å². The van der Waals surface area contributed by atoms with E-state index in [9.17, 15) is 4.79 Å². The summed E-state index contributed by atoms with van der Waals surface area (Å²) in [4.78, 5) is 14.2. The molecule has 1 aliphatic rings. The average Bonchev–Trinajstić information content (AvgIpc) is 2.77. The fourth-order valence-corrected chi connectivity index (χ4v) is 2.77. The zero-order valence-corrected chi connectivity index (χ0v) is 13.0. The topological polar surface area (TPSA) is 58.4 Å². The van der Waals surface area contributed by atoms with Crippen LogP contribution in [0.3, 0.4) is 0 Å². The van der Waals surface area contributed by atoms with Crippen molar-refractivity contribution in [3.63, 3.8) is 0 Å². The van der Waals surface area contributed by atoms with E-state index in [1.54, 1.807) is 18.2 Å². The summed E-state index contributed by atoms with van der Waals surface area (Å²) in [5.74, 6) is -0.0876. The molecule has 3 N–H and O–H groups in total. The molecular formula is C14H19Cl2N3O. The van der Waals surface area contributed by atoms with Gasteiger partial charge in [-0.25, -0.2) is 0 Å². The first-order valence-corrected chi connectivity index (χ1v) is 7.35. The van der Waals surface area contributed by atoms with Crippen LogP contribution >= 0.6 is 23.2 Å². The van der Waals surface area contributed by atoms with Crippen LogP contribution in [0, 0.1) is 5.41 Å². The molecule has 20 heavy (non-hydrogen) atoms. The smallest absolute Gasteiger partial charge is 0.238 e. The lowest BCUT2D eigenvalue weighted by molar-refractivity contribution is -0.117. The molecule has 0 aromatic heterocycles. The average molecular weight is 316 g/mol. The maximum absolute atomic E-state index is 12.0. The van der Waals surface area contributed by atoms with Gasteiger partial charge in [-0.05, 0) is 37.1 Å². The van der Waals surface area contributed by atoms with Crippen LogP contribution in [0.25, 0.3) is 0 Å². The van der Waals surface area contributed by atoms with Gasteiger partial charge < -0.3 is 11.1 Å². The normalized spacial score (nSPS) is 23.0. The molecular weight excluding hydrogens is 297 g/mol. The molecule has 1 aromatic carbocycles. The van der Waals surface area contributed by atoms with Crippen molar-refractivity contribution in [1.82, 2.24) is 4.90 Å². The number of nitrogens with one attached hydrogen (secondary N) is 1. The van der Waals surface area contributed by atoms with E-state index in [2.05, 4.69) is 17.1 Å². The van der Waals surface area contributed by atoms with E-state index in [0.29, 0.717) is 28.8 Å². The van der Waals surface area contributed by atoms with Gasteiger partial charge in [-0.1, -0.05) is 36.2 Å². The zero-order valence-electron chi connectivity index (χ0n) is 11.5. The summed E-state index contributed by atoms with van der Waals surface area (Å²) in [5.41, 5.74) is 6.43. The fourth-order valence-electron chi connectivity index (χ4n) is 2.42. The first-order chi connectivity index (χ1) is 9.43.